The molecule has 0 heterocycles. The number of halogens is 1. The van der Waals surface area contributed by atoms with Gasteiger partial charge in [-0.1, -0.05) is 12.1 Å². The molecule has 0 aliphatic heterocycles. The molecule has 1 aromatic carbocycles. The van der Waals surface area contributed by atoms with Gasteiger partial charge in [-0.15, -0.1) is 12.4 Å². The van der Waals surface area contributed by atoms with Crippen LogP contribution in [-0.2, 0) is 11.3 Å². The number of hydrogen-bond acceptors (Lipinski definition) is 3. The summed E-state index contributed by atoms with van der Waals surface area (Å²) in [5.74, 6) is -0.473. The summed E-state index contributed by atoms with van der Waals surface area (Å²) in [5, 5.41) is 0. The van der Waals surface area contributed by atoms with Crippen LogP contribution in [0, 0.1) is 0 Å². The highest BCUT2D eigenvalue weighted by Gasteiger charge is 2.33. The first kappa shape index (κ1) is 16.5. The van der Waals surface area contributed by atoms with E-state index < -0.39 is 11.9 Å². The summed E-state index contributed by atoms with van der Waals surface area (Å²) in [6.07, 6.45) is 2.08. The second kappa shape index (κ2) is 6.72. The summed E-state index contributed by atoms with van der Waals surface area (Å²) < 4.78 is 0. The lowest BCUT2D eigenvalue weighted by atomic mass is 10.1. The SMILES string of the molecule is C[C@@H](N)C(=O)N(Cc1ccc(C(N)=O)cc1)C1CC1.Cl. The first-order valence-electron chi connectivity index (χ1n) is 6.44. The Morgan fingerprint density at radius 2 is 1.85 bits per heavy atom. The first-order valence-corrected chi connectivity index (χ1v) is 6.44. The summed E-state index contributed by atoms with van der Waals surface area (Å²) in [7, 11) is 0. The van der Waals surface area contributed by atoms with E-state index in [4.69, 9.17) is 11.5 Å². The zero-order chi connectivity index (χ0) is 14.0. The average molecular weight is 298 g/mol. The number of amides is 2. The van der Waals surface area contributed by atoms with Gasteiger partial charge >= 0.3 is 0 Å². The van der Waals surface area contributed by atoms with E-state index in [1.54, 1.807) is 19.1 Å². The van der Waals surface area contributed by atoms with Crippen molar-refractivity contribution in [1.29, 1.82) is 0 Å². The molecule has 0 radical (unpaired) electrons. The number of nitrogens with two attached hydrogens (primary N) is 2. The van der Waals surface area contributed by atoms with Gasteiger partial charge in [0, 0.05) is 18.2 Å². The van der Waals surface area contributed by atoms with E-state index in [0.29, 0.717) is 18.2 Å². The van der Waals surface area contributed by atoms with Crippen molar-refractivity contribution in [3.63, 3.8) is 0 Å². The van der Waals surface area contributed by atoms with Crippen molar-refractivity contribution < 1.29 is 9.59 Å². The van der Waals surface area contributed by atoms with E-state index in [1.165, 1.54) is 0 Å². The van der Waals surface area contributed by atoms with Crippen molar-refractivity contribution in [2.45, 2.75) is 38.4 Å². The minimum atomic E-state index is -0.481. The van der Waals surface area contributed by atoms with E-state index >= 15 is 0 Å². The van der Waals surface area contributed by atoms with E-state index in [1.807, 2.05) is 17.0 Å². The van der Waals surface area contributed by atoms with Crippen LogP contribution in [0.1, 0.15) is 35.7 Å². The zero-order valence-electron chi connectivity index (χ0n) is 11.4. The van der Waals surface area contributed by atoms with Crippen molar-refractivity contribution in [1.82, 2.24) is 4.90 Å². The van der Waals surface area contributed by atoms with Crippen LogP contribution in [0.4, 0.5) is 0 Å². The van der Waals surface area contributed by atoms with Crippen LogP contribution >= 0.6 is 12.4 Å². The fourth-order valence-electron chi connectivity index (χ4n) is 2.01. The Hall–Kier alpha value is -1.59. The fourth-order valence-corrected chi connectivity index (χ4v) is 2.01. The zero-order valence-corrected chi connectivity index (χ0v) is 12.2. The summed E-state index contributed by atoms with van der Waals surface area (Å²) in [4.78, 5) is 24.8. The highest BCUT2D eigenvalue weighted by atomic mass is 35.5. The third kappa shape index (κ3) is 3.95. The van der Waals surface area contributed by atoms with Crippen molar-refractivity contribution in [3.8, 4) is 0 Å². The van der Waals surface area contributed by atoms with Gasteiger partial charge in [-0.2, -0.15) is 0 Å². The average Bonchev–Trinajstić information content (AvgIpc) is 3.19. The lowest BCUT2D eigenvalue weighted by molar-refractivity contribution is -0.133. The Balaban J connectivity index is 0.00000200. The predicted octanol–water partition coefficient (Wildman–Crippen LogP) is 1.05. The highest BCUT2D eigenvalue weighted by Crippen LogP contribution is 2.28. The lowest BCUT2D eigenvalue weighted by Gasteiger charge is -2.24. The molecule has 1 fully saturated rings. The van der Waals surface area contributed by atoms with E-state index in [0.717, 1.165) is 18.4 Å². The summed E-state index contributed by atoms with van der Waals surface area (Å²) in [6.45, 7) is 2.23. The largest absolute Gasteiger partial charge is 0.366 e. The molecule has 1 aromatic rings. The molecule has 4 N–H and O–H groups in total. The van der Waals surface area contributed by atoms with E-state index in [2.05, 4.69) is 0 Å². The molecular weight excluding hydrogens is 278 g/mol. The Bertz CT molecular complexity index is 484. The molecule has 0 unspecified atom stereocenters. The molecule has 1 atom stereocenters. The maximum absolute atomic E-state index is 12.0. The Morgan fingerprint density at radius 1 is 1.30 bits per heavy atom. The van der Waals surface area contributed by atoms with Crippen molar-refractivity contribution >= 4 is 24.2 Å². The molecule has 5 nitrogen and oxygen atoms in total. The predicted molar refractivity (Wildman–Crippen MR) is 79.4 cm³/mol. The smallest absolute Gasteiger partial charge is 0.248 e. The van der Waals surface area contributed by atoms with Gasteiger partial charge in [0.15, 0.2) is 0 Å². The molecule has 1 saturated carbocycles. The molecular formula is C14H20ClN3O2. The van der Waals surface area contributed by atoms with Crippen LogP contribution in [0.2, 0.25) is 0 Å². The molecule has 1 aliphatic rings. The van der Waals surface area contributed by atoms with E-state index in [-0.39, 0.29) is 18.3 Å². The van der Waals surface area contributed by atoms with Gasteiger partial charge in [-0.25, -0.2) is 0 Å². The van der Waals surface area contributed by atoms with Crippen molar-refractivity contribution in [3.05, 3.63) is 35.4 Å². The Kier molecular flexibility index (Phi) is 5.53. The topological polar surface area (TPSA) is 89.4 Å². The van der Waals surface area contributed by atoms with Crippen LogP contribution in [0.5, 0.6) is 0 Å². The number of benzene rings is 1. The number of carbonyl (C=O) groups excluding carboxylic acids is 2. The molecule has 0 saturated heterocycles. The van der Waals surface area contributed by atoms with Crippen LogP contribution in [0.25, 0.3) is 0 Å². The van der Waals surface area contributed by atoms with Gasteiger partial charge < -0.3 is 16.4 Å². The molecule has 110 valence electrons. The first-order chi connectivity index (χ1) is 8.99. The molecule has 2 rings (SSSR count). The van der Waals surface area contributed by atoms with Crippen LogP contribution < -0.4 is 11.5 Å². The molecule has 0 bridgehead atoms. The molecule has 20 heavy (non-hydrogen) atoms. The number of hydrogen-bond donors (Lipinski definition) is 2. The molecule has 2 amide bonds. The van der Waals surface area contributed by atoms with Crippen molar-refractivity contribution in [2.75, 3.05) is 0 Å². The number of primary amides is 1. The maximum Gasteiger partial charge on any atom is 0.248 e. The minimum Gasteiger partial charge on any atom is -0.366 e. The normalized spacial score (nSPS) is 15.1. The van der Waals surface area contributed by atoms with Gasteiger partial charge in [0.05, 0.1) is 6.04 Å². The summed E-state index contributed by atoms with van der Waals surface area (Å²) in [6, 6.07) is 6.84. The summed E-state index contributed by atoms with van der Waals surface area (Å²) >= 11 is 0. The fraction of sp³-hybridized carbons (Fsp3) is 0.429. The van der Waals surface area contributed by atoms with Crippen LogP contribution in [0.3, 0.4) is 0 Å². The molecule has 6 heteroatoms. The third-order valence-electron chi connectivity index (χ3n) is 3.25. The van der Waals surface area contributed by atoms with Gasteiger partial charge in [0.1, 0.15) is 0 Å². The van der Waals surface area contributed by atoms with Crippen LogP contribution in [0.15, 0.2) is 24.3 Å². The maximum atomic E-state index is 12.0. The summed E-state index contributed by atoms with van der Waals surface area (Å²) in [5.41, 5.74) is 12.3. The number of rotatable bonds is 5. The lowest BCUT2D eigenvalue weighted by Crippen LogP contribution is -2.42. The molecule has 0 spiro atoms. The van der Waals surface area contributed by atoms with Crippen molar-refractivity contribution in [2.24, 2.45) is 11.5 Å². The van der Waals surface area contributed by atoms with Crippen LogP contribution in [-0.4, -0.2) is 28.8 Å². The molecule has 1 aliphatic carbocycles. The van der Waals surface area contributed by atoms with Gasteiger partial charge in [0.2, 0.25) is 11.8 Å². The highest BCUT2D eigenvalue weighted by molar-refractivity contribution is 5.92. The van der Waals surface area contributed by atoms with E-state index in [9.17, 15) is 9.59 Å². The van der Waals surface area contributed by atoms with Gasteiger partial charge in [-0.05, 0) is 37.5 Å². The molecule has 0 aromatic heterocycles. The second-order valence-electron chi connectivity index (χ2n) is 5.05. The number of nitrogens with zero attached hydrogens (tertiary/aromatic N) is 1. The standard InChI is InChI=1S/C14H19N3O2.ClH/c1-9(15)14(19)17(12-6-7-12)8-10-2-4-11(5-3-10)13(16)18;/h2-5,9,12H,6-8,15H2,1H3,(H2,16,18);1H/t9-;/m1./s1. The number of carbonyl (C=O) groups is 2. The monoisotopic (exact) mass is 297 g/mol. The third-order valence-corrected chi connectivity index (χ3v) is 3.25. The van der Waals surface area contributed by atoms with Gasteiger partial charge in [0.25, 0.3) is 0 Å². The second-order valence-corrected chi connectivity index (χ2v) is 5.05. The quantitative estimate of drug-likeness (QED) is 0.851. The Labute approximate surface area is 124 Å². The Morgan fingerprint density at radius 3 is 2.25 bits per heavy atom. The minimum absolute atomic E-state index is 0. The van der Waals surface area contributed by atoms with Gasteiger partial charge in [-0.3, -0.25) is 9.59 Å².